The SMILES string of the molecule is CC(CC1CC1)Nc1nccn1C1CCCC1. The lowest BCUT2D eigenvalue weighted by Crippen LogP contribution is -2.20. The van der Waals surface area contributed by atoms with Gasteiger partial charge in [-0.3, -0.25) is 0 Å². The number of hydrogen-bond donors (Lipinski definition) is 1. The molecule has 0 radical (unpaired) electrons. The minimum Gasteiger partial charge on any atom is -0.353 e. The number of imidazole rings is 1. The Morgan fingerprint density at radius 3 is 2.82 bits per heavy atom. The maximum absolute atomic E-state index is 4.48. The van der Waals surface area contributed by atoms with Gasteiger partial charge in [-0.15, -0.1) is 0 Å². The van der Waals surface area contributed by atoms with Gasteiger partial charge in [-0.25, -0.2) is 4.98 Å². The zero-order valence-electron chi connectivity index (χ0n) is 10.7. The molecule has 0 aliphatic heterocycles. The molecule has 2 saturated carbocycles. The second kappa shape index (κ2) is 4.71. The Balaban J connectivity index is 1.63. The fourth-order valence-electron chi connectivity index (χ4n) is 3.03. The van der Waals surface area contributed by atoms with Crippen molar-refractivity contribution in [3.63, 3.8) is 0 Å². The van der Waals surface area contributed by atoms with Crippen LogP contribution in [0.25, 0.3) is 0 Å². The molecule has 0 amide bonds. The Morgan fingerprint density at radius 2 is 2.12 bits per heavy atom. The average Bonchev–Trinajstić information content (AvgIpc) is 2.83. The second-order valence-corrected chi connectivity index (χ2v) is 5.82. The van der Waals surface area contributed by atoms with Crippen LogP contribution in [0.5, 0.6) is 0 Å². The molecule has 94 valence electrons. The summed E-state index contributed by atoms with van der Waals surface area (Å²) in [7, 11) is 0. The fraction of sp³-hybridized carbons (Fsp3) is 0.786. The number of aromatic nitrogens is 2. The van der Waals surface area contributed by atoms with E-state index in [9.17, 15) is 0 Å². The van der Waals surface area contributed by atoms with Crippen LogP contribution in [-0.4, -0.2) is 15.6 Å². The van der Waals surface area contributed by atoms with Crippen molar-refractivity contribution >= 4 is 5.95 Å². The highest BCUT2D eigenvalue weighted by molar-refractivity contribution is 5.28. The normalized spacial score (nSPS) is 22.9. The Morgan fingerprint density at radius 1 is 1.35 bits per heavy atom. The molecule has 1 aromatic heterocycles. The Kier molecular flexibility index (Phi) is 3.08. The predicted octanol–water partition coefficient (Wildman–Crippen LogP) is 3.60. The van der Waals surface area contributed by atoms with Crippen molar-refractivity contribution < 1.29 is 0 Å². The van der Waals surface area contributed by atoms with Gasteiger partial charge in [0.15, 0.2) is 0 Å². The van der Waals surface area contributed by atoms with E-state index in [1.165, 1.54) is 44.9 Å². The third-order valence-electron chi connectivity index (χ3n) is 4.15. The lowest BCUT2D eigenvalue weighted by Gasteiger charge is -2.19. The maximum Gasteiger partial charge on any atom is 0.203 e. The Hall–Kier alpha value is -0.990. The zero-order chi connectivity index (χ0) is 11.7. The van der Waals surface area contributed by atoms with E-state index in [1.807, 2.05) is 6.20 Å². The smallest absolute Gasteiger partial charge is 0.203 e. The second-order valence-electron chi connectivity index (χ2n) is 5.82. The summed E-state index contributed by atoms with van der Waals surface area (Å²) in [5.41, 5.74) is 0. The maximum atomic E-state index is 4.48. The Bertz CT molecular complexity index is 361. The third-order valence-corrected chi connectivity index (χ3v) is 4.15. The van der Waals surface area contributed by atoms with E-state index in [2.05, 4.69) is 28.0 Å². The summed E-state index contributed by atoms with van der Waals surface area (Å²) in [6, 6.07) is 1.25. The summed E-state index contributed by atoms with van der Waals surface area (Å²) in [6.07, 6.45) is 13.6. The van der Waals surface area contributed by atoms with Crippen LogP contribution in [0, 0.1) is 5.92 Å². The molecule has 2 aliphatic carbocycles. The molecule has 0 aromatic carbocycles. The van der Waals surface area contributed by atoms with E-state index in [-0.39, 0.29) is 0 Å². The van der Waals surface area contributed by atoms with Crippen LogP contribution < -0.4 is 5.32 Å². The van der Waals surface area contributed by atoms with Gasteiger partial charge in [-0.1, -0.05) is 25.7 Å². The molecule has 1 N–H and O–H groups in total. The third kappa shape index (κ3) is 2.64. The van der Waals surface area contributed by atoms with Crippen molar-refractivity contribution in [2.45, 2.75) is 64.0 Å². The van der Waals surface area contributed by atoms with Crippen LogP contribution in [-0.2, 0) is 0 Å². The van der Waals surface area contributed by atoms with E-state index in [0.717, 1.165) is 11.9 Å². The van der Waals surface area contributed by atoms with Crippen LogP contribution >= 0.6 is 0 Å². The van der Waals surface area contributed by atoms with Crippen molar-refractivity contribution in [3.8, 4) is 0 Å². The summed E-state index contributed by atoms with van der Waals surface area (Å²) < 4.78 is 2.36. The van der Waals surface area contributed by atoms with Gasteiger partial charge in [0, 0.05) is 24.5 Å². The molecule has 0 saturated heterocycles. The van der Waals surface area contributed by atoms with Gasteiger partial charge in [0.05, 0.1) is 0 Å². The molecule has 3 rings (SSSR count). The van der Waals surface area contributed by atoms with Crippen molar-refractivity contribution in [3.05, 3.63) is 12.4 Å². The first-order valence-corrected chi connectivity index (χ1v) is 7.12. The standard InChI is InChI=1S/C14H23N3/c1-11(10-12-6-7-12)16-14-15-8-9-17(14)13-4-2-3-5-13/h8-9,11-13H,2-7,10H2,1H3,(H,15,16). The highest BCUT2D eigenvalue weighted by Gasteiger charge is 2.25. The minimum absolute atomic E-state index is 0.560. The van der Waals surface area contributed by atoms with E-state index >= 15 is 0 Å². The number of rotatable bonds is 5. The van der Waals surface area contributed by atoms with Gasteiger partial charge in [-0.05, 0) is 32.1 Å². The molecule has 2 aliphatic rings. The van der Waals surface area contributed by atoms with Gasteiger partial charge in [0.25, 0.3) is 0 Å². The number of anilines is 1. The topological polar surface area (TPSA) is 29.9 Å². The number of nitrogens with zero attached hydrogens (tertiary/aromatic N) is 2. The molecule has 3 heteroatoms. The van der Waals surface area contributed by atoms with Gasteiger partial charge in [0.2, 0.25) is 5.95 Å². The molecule has 3 nitrogen and oxygen atoms in total. The molecule has 0 bridgehead atoms. The van der Waals surface area contributed by atoms with Gasteiger partial charge in [0.1, 0.15) is 0 Å². The summed E-state index contributed by atoms with van der Waals surface area (Å²) in [5, 5.41) is 3.59. The monoisotopic (exact) mass is 233 g/mol. The fourth-order valence-corrected chi connectivity index (χ4v) is 3.03. The molecule has 1 unspecified atom stereocenters. The summed E-state index contributed by atoms with van der Waals surface area (Å²) in [4.78, 5) is 4.48. The van der Waals surface area contributed by atoms with Crippen LogP contribution in [0.4, 0.5) is 5.95 Å². The van der Waals surface area contributed by atoms with E-state index in [4.69, 9.17) is 0 Å². The van der Waals surface area contributed by atoms with Gasteiger partial charge < -0.3 is 9.88 Å². The van der Waals surface area contributed by atoms with Crippen LogP contribution in [0.3, 0.4) is 0 Å². The number of nitrogens with one attached hydrogen (secondary N) is 1. The molecule has 17 heavy (non-hydrogen) atoms. The van der Waals surface area contributed by atoms with Crippen molar-refractivity contribution in [1.29, 1.82) is 0 Å². The largest absolute Gasteiger partial charge is 0.353 e. The Labute approximate surface area is 104 Å². The van der Waals surface area contributed by atoms with Crippen molar-refractivity contribution in [2.24, 2.45) is 5.92 Å². The van der Waals surface area contributed by atoms with Crippen LogP contribution in [0.15, 0.2) is 12.4 Å². The van der Waals surface area contributed by atoms with E-state index < -0.39 is 0 Å². The van der Waals surface area contributed by atoms with Gasteiger partial charge >= 0.3 is 0 Å². The van der Waals surface area contributed by atoms with E-state index in [0.29, 0.717) is 12.1 Å². The molecule has 2 fully saturated rings. The lowest BCUT2D eigenvalue weighted by molar-refractivity contribution is 0.517. The van der Waals surface area contributed by atoms with Crippen LogP contribution in [0.1, 0.15) is 57.9 Å². The molecular weight excluding hydrogens is 210 g/mol. The summed E-state index contributed by atoms with van der Waals surface area (Å²) in [5.74, 6) is 2.07. The zero-order valence-corrected chi connectivity index (χ0v) is 10.7. The first-order chi connectivity index (χ1) is 8.33. The van der Waals surface area contributed by atoms with Crippen molar-refractivity contribution in [2.75, 3.05) is 5.32 Å². The molecule has 0 spiro atoms. The summed E-state index contributed by atoms with van der Waals surface area (Å²) in [6.45, 7) is 2.28. The van der Waals surface area contributed by atoms with Gasteiger partial charge in [-0.2, -0.15) is 0 Å². The molecule has 1 atom stereocenters. The number of hydrogen-bond acceptors (Lipinski definition) is 2. The average molecular weight is 233 g/mol. The summed E-state index contributed by atoms with van der Waals surface area (Å²) >= 11 is 0. The van der Waals surface area contributed by atoms with Crippen molar-refractivity contribution in [1.82, 2.24) is 9.55 Å². The highest BCUT2D eigenvalue weighted by atomic mass is 15.2. The molecule has 1 aromatic rings. The minimum atomic E-state index is 0.560. The highest BCUT2D eigenvalue weighted by Crippen LogP contribution is 2.35. The lowest BCUT2D eigenvalue weighted by atomic mass is 10.2. The van der Waals surface area contributed by atoms with Crippen LogP contribution in [0.2, 0.25) is 0 Å². The first kappa shape index (κ1) is 11.1. The quantitative estimate of drug-likeness (QED) is 0.842. The first-order valence-electron chi connectivity index (χ1n) is 7.12. The molecular formula is C14H23N3. The molecule has 1 heterocycles. The predicted molar refractivity (Wildman–Crippen MR) is 70.2 cm³/mol. The van der Waals surface area contributed by atoms with E-state index in [1.54, 1.807) is 0 Å².